The van der Waals surface area contributed by atoms with E-state index in [0.29, 0.717) is 0 Å². The largest absolute Gasteiger partial charge is 0.453 e. The topological polar surface area (TPSA) is 25.4 Å². The first-order valence-electron chi connectivity index (χ1n) is 12.3. The fourth-order valence-electron chi connectivity index (χ4n) is 5.20. The monoisotopic (exact) mass is 532 g/mol. The van der Waals surface area contributed by atoms with Gasteiger partial charge in [0.2, 0.25) is 0 Å². The highest BCUT2D eigenvalue weighted by molar-refractivity contribution is 8.00. The Kier molecular flexibility index (Phi) is 5.43. The normalized spacial score (nSPS) is 14.4. The summed E-state index contributed by atoms with van der Waals surface area (Å²) in [5.41, 5.74) is 2.13. The van der Waals surface area contributed by atoms with Crippen LogP contribution >= 0.6 is 23.5 Å². The van der Waals surface area contributed by atoms with Crippen molar-refractivity contribution in [2.24, 2.45) is 0 Å². The lowest BCUT2D eigenvalue weighted by Crippen LogP contribution is -2.56. The van der Waals surface area contributed by atoms with Crippen molar-refractivity contribution < 1.29 is 4.74 Å². The second kappa shape index (κ2) is 8.84. The maximum Gasteiger partial charge on any atom is 0.165 e. The summed E-state index contributed by atoms with van der Waals surface area (Å²) in [4.78, 5) is 12.0. The summed E-state index contributed by atoms with van der Waals surface area (Å²) in [6.45, 7) is 4.92. The van der Waals surface area contributed by atoms with E-state index < -0.39 is 8.07 Å². The van der Waals surface area contributed by atoms with Crippen molar-refractivity contribution in [3.05, 3.63) is 109 Å². The van der Waals surface area contributed by atoms with Crippen LogP contribution in [0.1, 0.15) is 0 Å². The van der Waals surface area contributed by atoms with Crippen molar-refractivity contribution in [2.75, 3.05) is 4.90 Å². The quantitative estimate of drug-likeness (QED) is 0.215. The Bertz CT molecular complexity index is 1660. The molecular formula is C31H24N2OS2Si. The number of benzene rings is 4. The standard InChI is InChI=1S/C31H24N2OS2Si/c1-37(2)27-17-6-5-15-25(27)36-31-22(12-10-18-28(31)37)33(29-19-7-8-20-32-29)21-11-9-16-26-30(21)34-23-13-3-4-14-24(23)35-26/h3-20H,1-2H3. The molecule has 3 heterocycles. The maximum absolute atomic E-state index is 6.59. The van der Waals surface area contributed by atoms with Crippen LogP contribution in [0.3, 0.4) is 0 Å². The second-order valence-corrected chi connectivity index (χ2v) is 16.1. The summed E-state index contributed by atoms with van der Waals surface area (Å²) in [5.74, 6) is 2.63. The van der Waals surface area contributed by atoms with Gasteiger partial charge in [0, 0.05) is 16.0 Å². The highest BCUT2D eigenvalue weighted by Gasteiger charge is 2.37. The lowest BCUT2D eigenvalue weighted by atomic mass is 10.2. The first-order valence-corrected chi connectivity index (χ1v) is 16.9. The number of aromatic nitrogens is 1. The second-order valence-electron chi connectivity index (χ2n) is 9.66. The fraction of sp³-hybridized carbons (Fsp3) is 0.0645. The van der Waals surface area contributed by atoms with Crippen LogP contribution in [0.15, 0.2) is 129 Å². The molecule has 5 aromatic rings. The molecule has 1 aromatic heterocycles. The molecule has 37 heavy (non-hydrogen) atoms. The van der Waals surface area contributed by atoms with Gasteiger partial charge in [-0.3, -0.25) is 4.90 Å². The van der Waals surface area contributed by atoms with E-state index in [1.807, 2.05) is 42.2 Å². The van der Waals surface area contributed by atoms with Crippen molar-refractivity contribution in [2.45, 2.75) is 32.7 Å². The molecule has 2 aliphatic heterocycles. The number of hydrogen-bond acceptors (Lipinski definition) is 5. The smallest absolute Gasteiger partial charge is 0.165 e. The molecule has 0 atom stereocenters. The number of nitrogens with zero attached hydrogens (tertiary/aromatic N) is 2. The minimum atomic E-state index is -1.89. The number of rotatable bonds is 3. The van der Waals surface area contributed by atoms with E-state index in [2.05, 4.69) is 96.9 Å². The molecule has 4 aromatic carbocycles. The first kappa shape index (κ1) is 22.7. The molecule has 180 valence electrons. The summed E-state index contributed by atoms with van der Waals surface area (Å²) in [6.07, 6.45) is 1.86. The van der Waals surface area contributed by atoms with Gasteiger partial charge in [0.05, 0.1) is 21.2 Å². The van der Waals surface area contributed by atoms with Gasteiger partial charge in [0.15, 0.2) is 5.75 Å². The third-order valence-corrected chi connectivity index (χ3v) is 13.3. The Hall–Kier alpha value is -3.45. The third kappa shape index (κ3) is 3.70. The predicted octanol–water partition coefficient (Wildman–Crippen LogP) is 8.10. The minimum Gasteiger partial charge on any atom is -0.453 e. The van der Waals surface area contributed by atoms with E-state index >= 15 is 0 Å². The summed E-state index contributed by atoms with van der Waals surface area (Å²) in [6, 6.07) is 36.4. The average Bonchev–Trinajstić information content (AvgIpc) is 2.93. The molecule has 0 bridgehead atoms. The van der Waals surface area contributed by atoms with Gasteiger partial charge in [-0.25, -0.2) is 4.98 Å². The van der Waals surface area contributed by atoms with Crippen LogP contribution in [0.5, 0.6) is 11.5 Å². The van der Waals surface area contributed by atoms with Crippen LogP contribution in [0.4, 0.5) is 17.2 Å². The van der Waals surface area contributed by atoms with Gasteiger partial charge in [0.25, 0.3) is 0 Å². The Morgan fingerprint density at radius 1 is 0.649 bits per heavy atom. The molecule has 0 radical (unpaired) electrons. The van der Waals surface area contributed by atoms with Gasteiger partial charge < -0.3 is 4.74 Å². The fourth-order valence-corrected chi connectivity index (χ4v) is 11.7. The molecule has 0 N–H and O–H groups in total. The Labute approximate surface area is 226 Å². The zero-order valence-corrected chi connectivity index (χ0v) is 23.1. The number of anilines is 3. The molecular weight excluding hydrogens is 509 g/mol. The average molecular weight is 533 g/mol. The molecule has 6 heteroatoms. The molecule has 0 unspecified atom stereocenters. The van der Waals surface area contributed by atoms with Crippen LogP contribution in [0, 0.1) is 0 Å². The molecule has 3 nitrogen and oxygen atoms in total. The highest BCUT2D eigenvalue weighted by Crippen LogP contribution is 2.54. The van der Waals surface area contributed by atoms with Gasteiger partial charge in [0.1, 0.15) is 19.6 Å². The molecule has 0 aliphatic carbocycles. The van der Waals surface area contributed by atoms with E-state index in [4.69, 9.17) is 9.72 Å². The van der Waals surface area contributed by atoms with Crippen molar-refractivity contribution in [3.8, 4) is 11.5 Å². The van der Waals surface area contributed by atoms with Gasteiger partial charge in [-0.1, -0.05) is 91.2 Å². The van der Waals surface area contributed by atoms with E-state index in [0.717, 1.165) is 38.5 Å². The molecule has 7 rings (SSSR count). The zero-order valence-electron chi connectivity index (χ0n) is 20.5. The van der Waals surface area contributed by atoms with Crippen molar-refractivity contribution in [3.63, 3.8) is 0 Å². The van der Waals surface area contributed by atoms with E-state index in [-0.39, 0.29) is 0 Å². The molecule has 0 fully saturated rings. The van der Waals surface area contributed by atoms with E-state index in [1.165, 1.54) is 20.2 Å². The molecule has 0 amide bonds. The third-order valence-electron chi connectivity index (χ3n) is 7.04. The summed E-state index contributed by atoms with van der Waals surface area (Å²) in [5, 5.41) is 2.96. The molecule has 0 saturated carbocycles. The van der Waals surface area contributed by atoms with Crippen LogP contribution in [0.2, 0.25) is 13.1 Å². The van der Waals surface area contributed by atoms with Crippen molar-refractivity contribution >= 4 is 59.2 Å². The number of para-hydroxylation sites is 2. The Balaban J connectivity index is 1.45. The van der Waals surface area contributed by atoms with Gasteiger partial charge in [-0.15, -0.1) is 0 Å². The number of fused-ring (bicyclic) bond motifs is 4. The molecule has 2 aliphatic rings. The van der Waals surface area contributed by atoms with Crippen LogP contribution in [-0.4, -0.2) is 13.1 Å². The van der Waals surface area contributed by atoms with Crippen LogP contribution in [-0.2, 0) is 0 Å². The SMILES string of the molecule is C[Si]1(C)c2ccccc2Sc2c(N(c3ccccn3)c3cccc4c3Oc3ccccc3S4)cccc21. The maximum atomic E-state index is 6.59. The van der Waals surface area contributed by atoms with Crippen LogP contribution in [0.25, 0.3) is 0 Å². The summed E-state index contributed by atoms with van der Waals surface area (Å²) < 4.78 is 6.59. The van der Waals surface area contributed by atoms with Crippen LogP contribution < -0.4 is 20.0 Å². The van der Waals surface area contributed by atoms with Gasteiger partial charge >= 0.3 is 0 Å². The van der Waals surface area contributed by atoms with Crippen molar-refractivity contribution in [1.29, 1.82) is 0 Å². The zero-order chi connectivity index (χ0) is 25.0. The summed E-state index contributed by atoms with van der Waals surface area (Å²) in [7, 11) is -1.89. The lowest BCUT2D eigenvalue weighted by molar-refractivity contribution is 0.455. The number of pyridine rings is 1. The molecule has 0 saturated heterocycles. The lowest BCUT2D eigenvalue weighted by Gasteiger charge is -2.36. The highest BCUT2D eigenvalue weighted by atomic mass is 32.2. The number of hydrogen-bond donors (Lipinski definition) is 0. The minimum absolute atomic E-state index is 0.868. The summed E-state index contributed by atoms with van der Waals surface area (Å²) >= 11 is 3.63. The van der Waals surface area contributed by atoms with E-state index in [1.54, 1.807) is 11.8 Å². The van der Waals surface area contributed by atoms with Gasteiger partial charge in [-0.2, -0.15) is 0 Å². The Morgan fingerprint density at radius 2 is 1.35 bits per heavy atom. The number of ether oxygens (including phenoxy) is 1. The Morgan fingerprint density at radius 3 is 2.22 bits per heavy atom. The molecule has 0 spiro atoms. The van der Waals surface area contributed by atoms with Gasteiger partial charge in [-0.05, 0) is 58.9 Å². The van der Waals surface area contributed by atoms with E-state index in [9.17, 15) is 0 Å². The van der Waals surface area contributed by atoms with Crippen molar-refractivity contribution in [1.82, 2.24) is 4.98 Å². The first-order chi connectivity index (χ1) is 18.1. The predicted molar refractivity (Wildman–Crippen MR) is 157 cm³/mol.